The number of likely N-dealkylation sites (N-methyl/N-ethyl adjacent to an activating group) is 1. The number of hydrogen-bond donors (Lipinski definition) is 1. The fraction of sp³-hybridized carbons (Fsp3) is 0.417. The molecule has 2 aromatic heterocycles. The lowest BCUT2D eigenvalue weighted by Gasteiger charge is -2.32. The summed E-state index contributed by atoms with van der Waals surface area (Å²) in [6, 6.07) is 8.15. The van der Waals surface area contributed by atoms with Crippen LogP contribution in [0.1, 0.15) is 42.5 Å². The van der Waals surface area contributed by atoms with Crippen LogP contribution < -0.4 is 5.32 Å². The molecule has 1 amide bonds. The summed E-state index contributed by atoms with van der Waals surface area (Å²) in [7, 11) is 2.12. The Morgan fingerprint density at radius 1 is 1.12 bits per heavy atom. The van der Waals surface area contributed by atoms with Gasteiger partial charge in [0.1, 0.15) is 11.5 Å². The van der Waals surface area contributed by atoms with E-state index in [-0.39, 0.29) is 23.6 Å². The number of nitrogens with one attached hydrogen (secondary N) is 1. The zero-order valence-corrected chi connectivity index (χ0v) is 19.3. The van der Waals surface area contributed by atoms with Gasteiger partial charge in [-0.05, 0) is 58.5 Å². The van der Waals surface area contributed by atoms with Crippen LogP contribution in [0.2, 0.25) is 0 Å². The van der Waals surface area contributed by atoms with Crippen molar-refractivity contribution in [2.45, 2.75) is 45.3 Å². The van der Waals surface area contributed by atoms with Gasteiger partial charge < -0.3 is 14.8 Å². The van der Waals surface area contributed by atoms with Crippen LogP contribution in [0.5, 0.6) is 0 Å². The van der Waals surface area contributed by atoms with Gasteiger partial charge in [0.05, 0.1) is 18.1 Å². The number of aromatic nitrogens is 4. The molecule has 2 atom stereocenters. The molecule has 2 aliphatic heterocycles. The highest BCUT2D eigenvalue weighted by atomic mass is 19.1. The summed E-state index contributed by atoms with van der Waals surface area (Å²) in [5.41, 5.74) is 2.19. The van der Waals surface area contributed by atoms with Crippen molar-refractivity contribution >= 4 is 17.5 Å². The van der Waals surface area contributed by atoms with Crippen LogP contribution in [0.4, 0.5) is 16.0 Å². The van der Waals surface area contributed by atoms with Crippen molar-refractivity contribution in [2.24, 2.45) is 0 Å². The monoisotopic (exact) mass is 449 g/mol. The predicted molar refractivity (Wildman–Crippen MR) is 124 cm³/mol. The number of rotatable bonds is 5. The molecule has 0 aliphatic carbocycles. The topological polar surface area (TPSA) is 79.2 Å². The third-order valence-electron chi connectivity index (χ3n) is 6.65. The smallest absolute Gasteiger partial charge is 0.254 e. The van der Waals surface area contributed by atoms with Crippen molar-refractivity contribution in [2.75, 3.05) is 25.5 Å². The summed E-state index contributed by atoms with van der Waals surface area (Å²) in [5, 5.41) is 3.12. The first-order valence-corrected chi connectivity index (χ1v) is 11.3. The van der Waals surface area contributed by atoms with Crippen LogP contribution in [-0.2, 0) is 0 Å². The fourth-order valence-electron chi connectivity index (χ4n) is 4.99. The molecular weight excluding hydrogens is 421 g/mol. The molecule has 0 radical (unpaired) electrons. The zero-order valence-electron chi connectivity index (χ0n) is 19.3. The number of fused-ring (bicyclic) bond motifs is 2. The second-order valence-corrected chi connectivity index (χ2v) is 9.19. The lowest BCUT2D eigenvalue weighted by Crippen LogP contribution is -2.47. The highest BCUT2D eigenvalue weighted by Gasteiger charge is 2.43. The minimum atomic E-state index is -0.506. The molecule has 0 saturated carbocycles. The molecule has 4 heterocycles. The fourth-order valence-corrected chi connectivity index (χ4v) is 4.99. The van der Waals surface area contributed by atoms with Crippen LogP contribution in [0.15, 0.2) is 36.7 Å². The number of benzene rings is 1. The minimum absolute atomic E-state index is 0.0692. The van der Waals surface area contributed by atoms with E-state index in [1.807, 2.05) is 54.5 Å². The van der Waals surface area contributed by atoms with Crippen LogP contribution in [-0.4, -0.2) is 67.4 Å². The molecule has 1 N–H and O–H groups in total. The van der Waals surface area contributed by atoms with E-state index in [4.69, 9.17) is 0 Å². The zero-order chi connectivity index (χ0) is 23.3. The second kappa shape index (κ2) is 8.22. The van der Waals surface area contributed by atoms with E-state index in [0.717, 1.165) is 37.2 Å². The standard InChI is InChI=1S/C24H28FN7O/c1-14(2)32-15(3)26-11-21(32)22-20(25)10-27-24(29-22)28-17-7-5-16(6-8-17)23(33)31-13-18-9-19(31)12-30(18)4/h5-8,10-11,14,18-19H,9,12-13H2,1-4H3,(H,27,28,29)/t18-,19-/m0/s1. The van der Waals surface area contributed by atoms with Crippen LogP contribution in [0.3, 0.4) is 0 Å². The molecule has 0 unspecified atom stereocenters. The van der Waals surface area contributed by atoms with Gasteiger partial charge in [0.25, 0.3) is 5.91 Å². The van der Waals surface area contributed by atoms with Gasteiger partial charge in [-0.1, -0.05) is 0 Å². The quantitative estimate of drug-likeness (QED) is 0.641. The Balaban J connectivity index is 1.33. The Hall–Kier alpha value is -3.33. The van der Waals surface area contributed by atoms with Gasteiger partial charge in [-0.25, -0.2) is 19.3 Å². The first-order valence-electron chi connectivity index (χ1n) is 11.3. The van der Waals surface area contributed by atoms with Gasteiger partial charge in [-0.2, -0.15) is 0 Å². The number of piperazine rings is 1. The van der Waals surface area contributed by atoms with E-state index in [0.29, 0.717) is 23.3 Å². The summed E-state index contributed by atoms with van der Waals surface area (Å²) < 4.78 is 16.5. The lowest BCUT2D eigenvalue weighted by atomic mass is 10.1. The number of carbonyl (C=O) groups excluding carboxylic acids is 1. The molecule has 5 rings (SSSR count). The molecule has 0 spiro atoms. The highest BCUT2D eigenvalue weighted by molar-refractivity contribution is 5.95. The third-order valence-corrected chi connectivity index (χ3v) is 6.65. The number of imidazole rings is 1. The Kier molecular flexibility index (Phi) is 5.36. The summed E-state index contributed by atoms with van der Waals surface area (Å²) >= 11 is 0. The van der Waals surface area contributed by atoms with E-state index >= 15 is 0 Å². The van der Waals surface area contributed by atoms with Crippen LogP contribution >= 0.6 is 0 Å². The molecule has 33 heavy (non-hydrogen) atoms. The molecule has 1 aromatic carbocycles. The van der Waals surface area contributed by atoms with Crippen molar-refractivity contribution in [1.82, 2.24) is 29.3 Å². The van der Waals surface area contributed by atoms with E-state index in [1.165, 1.54) is 0 Å². The van der Waals surface area contributed by atoms with Crippen molar-refractivity contribution in [3.8, 4) is 11.4 Å². The van der Waals surface area contributed by atoms with Crippen LogP contribution in [0.25, 0.3) is 11.4 Å². The van der Waals surface area contributed by atoms with Crippen molar-refractivity contribution in [1.29, 1.82) is 0 Å². The Bertz CT molecular complexity index is 1190. The maximum atomic E-state index is 14.6. The first-order chi connectivity index (χ1) is 15.8. The number of amides is 1. The van der Waals surface area contributed by atoms with Crippen molar-refractivity contribution in [3.63, 3.8) is 0 Å². The second-order valence-electron chi connectivity index (χ2n) is 9.19. The molecule has 2 bridgehead atoms. The van der Waals surface area contributed by atoms with Gasteiger partial charge in [-0.3, -0.25) is 9.69 Å². The van der Waals surface area contributed by atoms with E-state index in [1.54, 1.807) is 6.20 Å². The Labute approximate surface area is 192 Å². The number of likely N-dealkylation sites (tertiary alicyclic amines) is 2. The summed E-state index contributed by atoms with van der Waals surface area (Å²) in [4.78, 5) is 30.1. The average Bonchev–Trinajstić information content (AvgIpc) is 3.48. The maximum absolute atomic E-state index is 14.6. The van der Waals surface area contributed by atoms with Gasteiger partial charge in [0.15, 0.2) is 5.82 Å². The van der Waals surface area contributed by atoms with Gasteiger partial charge in [-0.15, -0.1) is 0 Å². The number of anilines is 2. The SMILES string of the molecule is Cc1ncc(-c2nc(Nc3ccc(C(=O)N4C[C@@H]5C[C@H]4CN5C)cc3)ncc2F)n1C(C)C. The molecule has 2 aliphatic rings. The van der Waals surface area contributed by atoms with Crippen molar-refractivity contribution in [3.05, 3.63) is 53.9 Å². The molecular formula is C24H28FN7O. The van der Waals surface area contributed by atoms with E-state index in [2.05, 4.69) is 32.2 Å². The predicted octanol–water partition coefficient (Wildman–Crippen LogP) is 3.64. The lowest BCUT2D eigenvalue weighted by molar-refractivity contribution is 0.0650. The largest absolute Gasteiger partial charge is 0.333 e. The van der Waals surface area contributed by atoms with Gasteiger partial charge in [0.2, 0.25) is 5.95 Å². The van der Waals surface area contributed by atoms with Crippen LogP contribution in [0, 0.1) is 12.7 Å². The third kappa shape index (κ3) is 3.86. The molecule has 3 aromatic rings. The van der Waals surface area contributed by atoms with Gasteiger partial charge >= 0.3 is 0 Å². The number of aryl methyl sites for hydroxylation is 1. The molecule has 8 nitrogen and oxygen atoms in total. The maximum Gasteiger partial charge on any atom is 0.254 e. The Morgan fingerprint density at radius 3 is 2.52 bits per heavy atom. The first kappa shape index (κ1) is 21.5. The highest BCUT2D eigenvalue weighted by Crippen LogP contribution is 2.31. The number of carbonyl (C=O) groups is 1. The van der Waals surface area contributed by atoms with Gasteiger partial charge in [0, 0.05) is 42.5 Å². The summed E-state index contributed by atoms with van der Waals surface area (Å²) in [6.07, 6.45) is 3.85. The average molecular weight is 450 g/mol. The number of halogens is 1. The molecule has 2 saturated heterocycles. The van der Waals surface area contributed by atoms with E-state index < -0.39 is 5.82 Å². The molecule has 2 fully saturated rings. The normalized spacial score (nSPS) is 20.1. The summed E-state index contributed by atoms with van der Waals surface area (Å²) in [5.74, 6) is 0.638. The minimum Gasteiger partial charge on any atom is -0.333 e. The molecule has 172 valence electrons. The number of nitrogens with zero attached hydrogens (tertiary/aromatic N) is 6. The molecule has 9 heteroatoms. The summed E-state index contributed by atoms with van der Waals surface area (Å²) in [6.45, 7) is 7.65. The number of hydrogen-bond acceptors (Lipinski definition) is 6. The van der Waals surface area contributed by atoms with Crippen molar-refractivity contribution < 1.29 is 9.18 Å². The Morgan fingerprint density at radius 2 is 1.88 bits per heavy atom. The van der Waals surface area contributed by atoms with E-state index in [9.17, 15) is 9.18 Å².